The van der Waals surface area contributed by atoms with Crippen molar-refractivity contribution in [3.05, 3.63) is 23.0 Å². The number of aldehydes is 1. The van der Waals surface area contributed by atoms with Gasteiger partial charge in [-0.25, -0.2) is 0 Å². The van der Waals surface area contributed by atoms with Gasteiger partial charge >= 0.3 is 51.4 Å². The first-order chi connectivity index (χ1) is 21.2. The van der Waals surface area contributed by atoms with Crippen LogP contribution in [0.15, 0.2) is 10.6 Å². The molecule has 0 radical (unpaired) electrons. The van der Waals surface area contributed by atoms with Gasteiger partial charge in [0.05, 0.1) is 6.54 Å². The Hall–Kier alpha value is -1.56. The molecule has 1 aliphatic carbocycles. The van der Waals surface area contributed by atoms with Crippen molar-refractivity contribution in [2.75, 3.05) is 40.3 Å². The van der Waals surface area contributed by atoms with Crippen LogP contribution in [-0.4, -0.2) is 92.3 Å². The number of hydroxylamine groups is 1. The molecule has 0 spiro atoms. The van der Waals surface area contributed by atoms with Crippen LogP contribution in [0.4, 0.5) is 0 Å². The van der Waals surface area contributed by atoms with Gasteiger partial charge in [-0.05, 0) is 58.5 Å². The van der Waals surface area contributed by atoms with Crippen LogP contribution in [0.3, 0.4) is 0 Å². The van der Waals surface area contributed by atoms with Crippen LogP contribution in [-0.2, 0) is 24.0 Å². The number of nitrogens with zero attached hydrogens (tertiary/aromatic N) is 3. The Bertz CT molecular complexity index is 969. The molecule has 3 aliphatic rings. The Morgan fingerprint density at radius 2 is 1.74 bits per heavy atom. The second-order valence-electron chi connectivity index (χ2n) is 10.4. The van der Waals surface area contributed by atoms with Crippen LogP contribution < -0.4 is 73.5 Å². The molecule has 3 amide bonds. The molecule has 3 fully saturated rings. The number of aryl methyl sites for hydroxylation is 1. The van der Waals surface area contributed by atoms with E-state index in [1.54, 1.807) is 11.8 Å². The zero-order valence-corrected chi connectivity index (χ0v) is 32.6. The maximum absolute atomic E-state index is 11.7. The Balaban J connectivity index is -0.000000582. The van der Waals surface area contributed by atoms with Crippen LogP contribution in [0.1, 0.15) is 102 Å². The minimum absolute atomic E-state index is 0. The van der Waals surface area contributed by atoms with Gasteiger partial charge in [-0.2, -0.15) is 0 Å². The third kappa shape index (κ3) is 20.6. The summed E-state index contributed by atoms with van der Waals surface area (Å²) in [7, 11) is 3.36. The zero-order valence-electron chi connectivity index (χ0n) is 29.5. The molecule has 4 rings (SSSR count). The summed E-state index contributed by atoms with van der Waals surface area (Å²) in [4.78, 5) is 62.1. The number of hydrogen-bond donors (Lipinski definition) is 4. The Morgan fingerprint density at radius 1 is 1.15 bits per heavy atom. The first-order valence-electron chi connectivity index (χ1n) is 15.9. The van der Waals surface area contributed by atoms with Gasteiger partial charge in [-0.3, -0.25) is 24.0 Å². The molecule has 2 saturated heterocycles. The molecule has 15 heteroatoms. The van der Waals surface area contributed by atoms with Gasteiger partial charge in [0.2, 0.25) is 11.8 Å². The predicted octanol–water partition coefficient (Wildman–Crippen LogP) is 0.676. The van der Waals surface area contributed by atoms with E-state index < -0.39 is 11.8 Å². The maximum Gasteiger partial charge on any atom is 1.00 e. The molecule has 46 heavy (non-hydrogen) atoms. The minimum atomic E-state index is -0.860. The van der Waals surface area contributed by atoms with E-state index in [1.807, 2.05) is 13.8 Å². The van der Waals surface area contributed by atoms with E-state index in [0.29, 0.717) is 18.7 Å². The van der Waals surface area contributed by atoms with E-state index in [4.69, 9.17) is 4.52 Å². The molecule has 1 aromatic heterocycles. The Labute approximate surface area is 318 Å². The summed E-state index contributed by atoms with van der Waals surface area (Å²) in [6.45, 7) is 12.2. The summed E-state index contributed by atoms with van der Waals surface area (Å²) >= 11 is 0. The normalized spacial score (nSPS) is 16.9. The van der Waals surface area contributed by atoms with E-state index in [0.717, 1.165) is 32.0 Å². The summed E-state index contributed by atoms with van der Waals surface area (Å²) < 4.78 is 4.79. The molecule has 0 bridgehead atoms. The second kappa shape index (κ2) is 30.7. The second-order valence-corrected chi connectivity index (χ2v) is 10.4. The van der Waals surface area contributed by atoms with Crippen LogP contribution in [0.25, 0.3) is 5.48 Å². The van der Waals surface area contributed by atoms with E-state index >= 15 is 0 Å². The van der Waals surface area contributed by atoms with Crippen molar-refractivity contribution < 1.29 is 84.7 Å². The van der Waals surface area contributed by atoms with Crippen molar-refractivity contribution >= 4 is 29.8 Å². The van der Waals surface area contributed by atoms with Crippen LogP contribution in [0.2, 0.25) is 0 Å². The average molecular weight is 680 g/mol. The smallest absolute Gasteiger partial charge is 0.525 e. The number of likely N-dealkylation sites (tertiary alicyclic amines) is 1. The van der Waals surface area contributed by atoms with Crippen molar-refractivity contribution in [1.82, 2.24) is 32.2 Å². The number of Topliss-reactive ketones (excluding diaryl/α,β-unsaturated/α-hetero) is 1. The average Bonchev–Trinajstić information content (AvgIpc) is 3.87. The molecule has 0 aromatic carbocycles. The molecular weight excluding hydrogens is 621 g/mol. The summed E-state index contributed by atoms with van der Waals surface area (Å²) in [5, 5.41) is 12.0. The number of aromatic nitrogens is 1. The number of nitrogens with one attached hydrogen (secondary N) is 3. The number of amides is 3. The third-order valence-electron chi connectivity index (χ3n) is 6.83. The van der Waals surface area contributed by atoms with Crippen molar-refractivity contribution in [2.45, 2.75) is 104 Å². The first-order valence-corrected chi connectivity index (χ1v) is 15.9. The summed E-state index contributed by atoms with van der Waals surface area (Å²) in [5.74, 6) is -0.856. The minimum Gasteiger partial charge on any atom is -0.525 e. The van der Waals surface area contributed by atoms with Gasteiger partial charge < -0.3 is 41.8 Å². The quantitative estimate of drug-likeness (QED) is 0.118. The molecule has 2 unspecified atom stereocenters. The van der Waals surface area contributed by atoms with Crippen molar-refractivity contribution in [2.24, 2.45) is 5.92 Å². The topological polar surface area (TPSA) is 209 Å². The number of ketones is 1. The molecule has 3 heterocycles. The van der Waals surface area contributed by atoms with Gasteiger partial charge in [0.15, 0.2) is 17.8 Å². The van der Waals surface area contributed by atoms with Gasteiger partial charge in [-0.15, -0.1) is 0 Å². The van der Waals surface area contributed by atoms with Gasteiger partial charge in [0, 0.05) is 44.8 Å². The van der Waals surface area contributed by atoms with Crippen LogP contribution in [0, 0.1) is 12.8 Å². The van der Waals surface area contributed by atoms with E-state index in [9.17, 15) is 24.0 Å². The number of rotatable bonds is 10. The number of hydrogen-bond acceptors (Lipinski definition) is 10. The van der Waals surface area contributed by atoms with Gasteiger partial charge in [0.1, 0.15) is 5.76 Å². The molecule has 260 valence electrons. The zero-order chi connectivity index (χ0) is 33.3. The SMILES string of the molecule is CC.CCC.CNC1CCCC1.CO[N-]C(CC1CCNC1=O)C(=O)C=O.Cc1cc(C(=O)NCC(=O)N2CCCC2)no1.N.[K+]. The molecule has 14 nitrogen and oxygen atoms in total. The summed E-state index contributed by atoms with van der Waals surface area (Å²) in [5.41, 5.74) is 3.74. The number of carbonyl (C=O) groups is 5. The van der Waals surface area contributed by atoms with Crippen molar-refractivity contribution in [3.8, 4) is 0 Å². The fraction of sp³-hybridized carbons (Fsp3) is 0.742. The van der Waals surface area contributed by atoms with E-state index in [-0.39, 0.29) is 106 Å². The van der Waals surface area contributed by atoms with E-state index in [1.165, 1.54) is 45.3 Å². The fourth-order valence-corrected chi connectivity index (χ4v) is 4.57. The van der Waals surface area contributed by atoms with E-state index in [2.05, 4.69) is 52.3 Å². The third-order valence-corrected chi connectivity index (χ3v) is 6.83. The fourth-order valence-electron chi connectivity index (χ4n) is 4.57. The van der Waals surface area contributed by atoms with Gasteiger partial charge in [-0.1, -0.05) is 52.1 Å². The van der Waals surface area contributed by atoms with Crippen LogP contribution >= 0.6 is 0 Å². The molecular formula is C31H58KN7O7. The number of carbonyl (C=O) groups excluding carboxylic acids is 5. The molecule has 2 atom stereocenters. The molecule has 6 N–H and O–H groups in total. The molecule has 1 saturated carbocycles. The van der Waals surface area contributed by atoms with Gasteiger partial charge in [0.25, 0.3) is 5.91 Å². The van der Waals surface area contributed by atoms with Crippen molar-refractivity contribution in [3.63, 3.8) is 0 Å². The summed E-state index contributed by atoms with van der Waals surface area (Å²) in [6.07, 6.45) is 10.1. The Kier molecular flexibility index (Phi) is 32.6. The first kappa shape index (κ1) is 48.8. The monoisotopic (exact) mass is 679 g/mol. The van der Waals surface area contributed by atoms with Crippen molar-refractivity contribution in [1.29, 1.82) is 0 Å². The maximum atomic E-state index is 11.7. The van der Waals surface area contributed by atoms with Crippen LogP contribution in [0.5, 0.6) is 0 Å². The molecule has 2 aliphatic heterocycles. The Morgan fingerprint density at radius 3 is 2.15 bits per heavy atom. The largest absolute Gasteiger partial charge is 1.00 e. The standard InChI is InChI=1S/C11H15N3O3.C9H13N2O4.C6H13N.C3H8.C2H6.K.H3N/c1-8-6-9(13-17-8)11(16)12-7-10(15)14-4-2-3-5-14;1-15-11-7(8(13)5-12)4-6-2-3-10-9(6)14;1-7-6-4-2-3-5-6;1-3-2;1-2;;/h6H,2-5,7H2,1H3,(H,12,16);5-7H,2-4H2,1H3,(H,10,14);6-7H,2-5H2,1H3;3H2,1-2H3;1-2H3;;1H3/q;-1;;;;+1;. The predicted molar refractivity (Wildman–Crippen MR) is 174 cm³/mol. The summed E-state index contributed by atoms with van der Waals surface area (Å²) in [6, 6.07) is 1.52. The molecule has 1 aromatic rings.